The van der Waals surface area contributed by atoms with Gasteiger partial charge in [0.25, 0.3) is 10.0 Å². The van der Waals surface area contributed by atoms with Crippen LogP contribution in [0.25, 0.3) is 0 Å². The molecule has 4 rings (SSSR count). The molecule has 1 heterocycles. The van der Waals surface area contributed by atoms with Crippen LogP contribution in [0.15, 0.2) is 48.5 Å². The topological polar surface area (TPSA) is 99.3 Å². The Balaban J connectivity index is 1.48. The molecule has 2 unspecified atom stereocenters. The predicted octanol–water partition coefficient (Wildman–Crippen LogP) is 1.61. The van der Waals surface area contributed by atoms with Gasteiger partial charge in [-0.3, -0.25) is 14.9 Å². The largest absolute Gasteiger partial charge is 0.326 e. The number of amides is 1. The van der Waals surface area contributed by atoms with E-state index in [-0.39, 0.29) is 12.5 Å². The minimum Gasteiger partial charge on any atom is -0.326 e. The zero-order valence-corrected chi connectivity index (χ0v) is 15.6. The molecule has 4 N–H and O–H groups in total. The van der Waals surface area contributed by atoms with Crippen LogP contribution in [0, 0.1) is 5.92 Å². The van der Waals surface area contributed by atoms with Gasteiger partial charge in [0.05, 0.1) is 5.92 Å². The van der Waals surface area contributed by atoms with E-state index < -0.39 is 21.3 Å². The number of nitrogens with one attached hydrogen (secondary N) is 4. The number of hydrogen-bond donors (Lipinski definition) is 4. The molecule has 2 aliphatic rings. The molecule has 142 valence electrons. The third-order valence-electron chi connectivity index (χ3n) is 5.00. The number of carbonyl (C=O) groups excluding carboxylic acids is 1. The molecule has 7 nitrogen and oxygen atoms in total. The van der Waals surface area contributed by atoms with Crippen LogP contribution in [0.3, 0.4) is 0 Å². The number of aryl methyl sites for hydroxylation is 2. The third-order valence-corrected chi connectivity index (χ3v) is 6.64. The number of carbonyl (C=O) groups is 1. The average Bonchev–Trinajstić information content (AvgIpc) is 3.31. The Bertz CT molecular complexity index is 947. The van der Waals surface area contributed by atoms with Crippen molar-refractivity contribution in [3.8, 4) is 0 Å². The summed E-state index contributed by atoms with van der Waals surface area (Å²) in [5, 5.41) is 1.81. The number of rotatable bonds is 5. The lowest BCUT2D eigenvalue weighted by Gasteiger charge is -2.19. The van der Waals surface area contributed by atoms with Crippen molar-refractivity contribution < 1.29 is 13.2 Å². The molecule has 2 aromatic carbocycles. The molecule has 2 aromatic rings. The van der Waals surface area contributed by atoms with Crippen LogP contribution in [0.1, 0.15) is 17.5 Å². The summed E-state index contributed by atoms with van der Waals surface area (Å²) in [6.45, 7) is 0.233. The Labute approximate surface area is 158 Å². The van der Waals surface area contributed by atoms with Crippen molar-refractivity contribution in [3.63, 3.8) is 0 Å². The van der Waals surface area contributed by atoms with Crippen molar-refractivity contribution in [1.29, 1.82) is 0 Å². The van der Waals surface area contributed by atoms with Crippen molar-refractivity contribution in [2.75, 3.05) is 16.6 Å². The van der Waals surface area contributed by atoms with E-state index in [9.17, 15) is 13.2 Å². The van der Waals surface area contributed by atoms with Crippen LogP contribution in [0.5, 0.6) is 0 Å². The number of sulfonamides is 1. The Kier molecular flexibility index (Phi) is 4.86. The van der Waals surface area contributed by atoms with Gasteiger partial charge in [0.2, 0.25) is 5.91 Å². The number of anilines is 2. The smallest absolute Gasteiger partial charge is 0.250 e. The maximum atomic E-state index is 12.7. The van der Waals surface area contributed by atoms with E-state index in [4.69, 9.17) is 0 Å². The van der Waals surface area contributed by atoms with Gasteiger partial charge in [-0.25, -0.2) is 13.8 Å². The number of benzene rings is 2. The summed E-state index contributed by atoms with van der Waals surface area (Å²) in [4.78, 5) is 12.7. The molecule has 0 spiro atoms. The van der Waals surface area contributed by atoms with Crippen LogP contribution in [-0.4, -0.2) is 26.2 Å². The van der Waals surface area contributed by atoms with Gasteiger partial charge < -0.3 is 5.32 Å². The van der Waals surface area contributed by atoms with Gasteiger partial charge in [0, 0.05) is 17.9 Å². The highest BCUT2D eigenvalue weighted by molar-refractivity contribution is 7.93. The molecule has 0 saturated carbocycles. The molecule has 0 radical (unpaired) electrons. The Morgan fingerprint density at radius 2 is 1.78 bits per heavy atom. The molecule has 0 bridgehead atoms. The van der Waals surface area contributed by atoms with Crippen LogP contribution >= 0.6 is 0 Å². The van der Waals surface area contributed by atoms with Crippen molar-refractivity contribution in [2.24, 2.45) is 5.92 Å². The van der Waals surface area contributed by atoms with Crippen molar-refractivity contribution >= 4 is 27.3 Å². The summed E-state index contributed by atoms with van der Waals surface area (Å²) in [6.07, 6.45) is 3.23. The first-order valence-electron chi connectivity index (χ1n) is 9.01. The molecule has 27 heavy (non-hydrogen) atoms. The lowest BCUT2D eigenvalue weighted by molar-refractivity contribution is -0.119. The molecule has 1 aliphatic heterocycles. The first kappa shape index (κ1) is 18.0. The zero-order chi connectivity index (χ0) is 18.9. The van der Waals surface area contributed by atoms with E-state index in [2.05, 4.69) is 20.9 Å². The second kappa shape index (κ2) is 7.30. The highest BCUT2D eigenvalue weighted by Gasteiger charge is 2.42. The number of fused-ring (bicyclic) bond motifs is 1. The van der Waals surface area contributed by atoms with Gasteiger partial charge in [-0.15, -0.1) is 0 Å². The molecular formula is C19H22N4O3S. The molecule has 1 saturated heterocycles. The summed E-state index contributed by atoms with van der Waals surface area (Å²) >= 11 is 0. The first-order chi connectivity index (χ1) is 13.0. The van der Waals surface area contributed by atoms with E-state index in [1.165, 1.54) is 11.1 Å². The predicted molar refractivity (Wildman–Crippen MR) is 104 cm³/mol. The summed E-state index contributed by atoms with van der Waals surface area (Å²) in [5.74, 6) is -1.08. The quantitative estimate of drug-likeness (QED) is 0.626. The van der Waals surface area contributed by atoms with Crippen molar-refractivity contribution in [1.82, 2.24) is 10.9 Å². The molecule has 1 fully saturated rings. The van der Waals surface area contributed by atoms with Gasteiger partial charge in [0.15, 0.2) is 5.37 Å². The van der Waals surface area contributed by atoms with Gasteiger partial charge in [0.1, 0.15) is 0 Å². The van der Waals surface area contributed by atoms with E-state index >= 15 is 0 Å². The van der Waals surface area contributed by atoms with Crippen LogP contribution in [-0.2, 0) is 27.7 Å². The number of hydrazine groups is 1. The lowest BCUT2D eigenvalue weighted by atomic mass is 10.1. The number of hydrogen-bond acceptors (Lipinski definition) is 5. The van der Waals surface area contributed by atoms with Crippen LogP contribution in [0.4, 0.5) is 11.4 Å². The van der Waals surface area contributed by atoms with Gasteiger partial charge in [-0.2, -0.15) is 0 Å². The standard InChI is InChI=1S/C19H22N4O3S/c24-18(21-16-10-9-13-5-4-6-14(13)11-16)17-12-20-22-19(17)27(25,26)23-15-7-2-1-3-8-15/h1-3,7-11,17,19-20,22-23H,4-6,12H2,(H,21,24). The highest BCUT2D eigenvalue weighted by Crippen LogP contribution is 2.26. The fraction of sp³-hybridized carbons (Fsp3) is 0.316. The summed E-state index contributed by atoms with van der Waals surface area (Å²) < 4.78 is 28.0. The fourth-order valence-corrected chi connectivity index (χ4v) is 5.10. The Morgan fingerprint density at radius 3 is 2.59 bits per heavy atom. The lowest BCUT2D eigenvalue weighted by Crippen LogP contribution is -2.45. The monoisotopic (exact) mass is 386 g/mol. The summed E-state index contributed by atoms with van der Waals surface area (Å²) in [6, 6.07) is 14.5. The van der Waals surface area contributed by atoms with Crippen molar-refractivity contribution in [3.05, 3.63) is 59.7 Å². The Hall–Kier alpha value is -2.42. The molecule has 1 aliphatic carbocycles. The second-order valence-corrected chi connectivity index (χ2v) is 8.69. The Morgan fingerprint density at radius 1 is 1.00 bits per heavy atom. The van der Waals surface area contributed by atoms with Crippen molar-refractivity contribution in [2.45, 2.75) is 24.6 Å². The molecule has 8 heteroatoms. The van der Waals surface area contributed by atoms with Gasteiger partial charge >= 0.3 is 0 Å². The fourth-order valence-electron chi connectivity index (χ4n) is 3.62. The average molecular weight is 386 g/mol. The minimum atomic E-state index is -3.79. The molecule has 1 amide bonds. The maximum absolute atomic E-state index is 12.7. The molecule has 2 atom stereocenters. The van der Waals surface area contributed by atoms with E-state index in [0.29, 0.717) is 11.4 Å². The first-order valence-corrected chi connectivity index (χ1v) is 10.6. The number of para-hydroxylation sites is 1. The summed E-state index contributed by atoms with van der Waals surface area (Å²) in [5.41, 5.74) is 9.26. The zero-order valence-electron chi connectivity index (χ0n) is 14.7. The van der Waals surface area contributed by atoms with Crippen LogP contribution in [0.2, 0.25) is 0 Å². The van der Waals surface area contributed by atoms with E-state index in [0.717, 1.165) is 19.3 Å². The minimum absolute atomic E-state index is 0.233. The van der Waals surface area contributed by atoms with Gasteiger partial charge in [-0.05, 0) is 54.7 Å². The third kappa shape index (κ3) is 3.83. The van der Waals surface area contributed by atoms with Gasteiger partial charge in [-0.1, -0.05) is 24.3 Å². The highest BCUT2D eigenvalue weighted by atomic mass is 32.2. The normalized spacial score (nSPS) is 21.6. The van der Waals surface area contributed by atoms with E-state index in [1.807, 2.05) is 18.2 Å². The molecule has 0 aromatic heterocycles. The van der Waals surface area contributed by atoms with Crippen LogP contribution < -0.4 is 20.9 Å². The molecular weight excluding hydrogens is 364 g/mol. The maximum Gasteiger partial charge on any atom is 0.250 e. The SMILES string of the molecule is O=C(Nc1ccc2c(c1)CCC2)C1CNNC1S(=O)(=O)Nc1ccccc1. The summed E-state index contributed by atoms with van der Waals surface area (Å²) in [7, 11) is -3.79. The van der Waals surface area contributed by atoms with E-state index in [1.54, 1.807) is 30.3 Å². The second-order valence-electron chi connectivity index (χ2n) is 6.89.